The second-order valence-electron chi connectivity index (χ2n) is 7.44. The van der Waals surface area contributed by atoms with Crippen LogP contribution in [-0.4, -0.2) is 31.1 Å². The molecule has 0 spiro atoms. The van der Waals surface area contributed by atoms with Crippen molar-refractivity contribution in [1.82, 2.24) is 10.6 Å². The van der Waals surface area contributed by atoms with Gasteiger partial charge >= 0.3 is 12.0 Å². The summed E-state index contributed by atoms with van der Waals surface area (Å²) in [5, 5.41) is 4.64. The van der Waals surface area contributed by atoms with Gasteiger partial charge in [0.05, 0.1) is 0 Å². The van der Waals surface area contributed by atoms with Gasteiger partial charge in [0.2, 0.25) is 0 Å². The van der Waals surface area contributed by atoms with Crippen LogP contribution in [0.25, 0.3) is 0 Å². The van der Waals surface area contributed by atoms with Crippen LogP contribution in [0, 0.1) is 0 Å². The molecule has 0 fully saturated rings. The molecule has 7 heteroatoms. The number of esters is 1. The normalized spacial score (nSPS) is 10.7. The lowest BCUT2D eigenvalue weighted by molar-refractivity contribution is -0.150. The van der Waals surface area contributed by atoms with Crippen LogP contribution in [0.2, 0.25) is 0 Å². The molecule has 0 aliphatic heterocycles. The van der Waals surface area contributed by atoms with E-state index in [4.69, 9.17) is 9.47 Å². The third-order valence-corrected chi connectivity index (χ3v) is 3.99. The van der Waals surface area contributed by atoms with Gasteiger partial charge in [-0.3, -0.25) is 10.1 Å². The van der Waals surface area contributed by atoms with Crippen LogP contribution in [0.15, 0.2) is 54.6 Å². The fourth-order valence-electron chi connectivity index (χ4n) is 2.37. The summed E-state index contributed by atoms with van der Waals surface area (Å²) in [6, 6.07) is 16.0. The van der Waals surface area contributed by atoms with Crippen molar-refractivity contribution in [1.29, 1.82) is 0 Å². The van der Waals surface area contributed by atoms with Crippen LogP contribution in [-0.2, 0) is 26.3 Å². The number of amides is 3. The summed E-state index contributed by atoms with van der Waals surface area (Å²) in [7, 11) is 0. The van der Waals surface area contributed by atoms with Crippen molar-refractivity contribution in [2.45, 2.75) is 32.7 Å². The Hall–Kier alpha value is -3.35. The molecule has 0 unspecified atom stereocenters. The van der Waals surface area contributed by atoms with Gasteiger partial charge in [-0.05, 0) is 28.7 Å². The molecule has 2 N–H and O–H groups in total. The minimum atomic E-state index is -0.724. The summed E-state index contributed by atoms with van der Waals surface area (Å²) in [6.07, 6.45) is 0. The summed E-state index contributed by atoms with van der Waals surface area (Å²) >= 11 is 0. The van der Waals surface area contributed by atoms with Crippen molar-refractivity contribution < 1.29 is 23.9 Å². The number of benzene rings is 2. The van der Waals surface area contributed by atoms with Crippen LogP contribution in [0.5, 0.6) is 5.75 Å². The van der Waals surface area contributed by atoms with Gasteiger partial charge in [0, 0.05) is 6.54 Å². The fraction of sp³-hybridized carbons (Fsp3) is 0.318. The molecule has 0 aliphatic carbocycles. The first-order valence-corrected chi connectivity index (χ1v) is 9.24. The standard InChI is InChI=1S/C22H26N2O5/c1-22(2,3)17-9-11-18(12-10-17)28-15-20(26)29-14-19(25)24-21(27)23-13-16-7-5-4-6-8-16/h4-12H,13-15H2,1-3H3,(H2,23,24,25,27). The third-order valence-electron chi connectivity index (χ3n) is 3.99. The second-order valence-corrected chi connectivity index (χ2v) is 7.44. The number of hydrogen-bond donors (Lipinski definition) is 2. The Morgan fingerprint density at radius 1 is 0.897 bits per heavy atom. The smallest absolute Gasteiger partial charge is 0.344 e. The SMILES string of the molecule is CC(C)(C)c1ccc(OCC(=O)OCC(=O)NC(=O)NCc2ccccc2)cc1. The molecule has 0 heterocycles. The molecule has 154 valence electrons. The zero-order valence-electron chi connectivity index (χ0n) is 16.9. The maximum Gasteiger partial charge on any atom is 0.344 e. The van der Waals surface area contributed by atoms with E-state index in [1.54, 1.807) is 12.1 Å². The predicted molar refractivity (Wildman–Crippen MR) is 108 cm³/mol. The van der Waals surface area contributed by atoms with E-state index in [0.717, 1.165) is 11.1 Å². The van der Waals surface area contributed by atoms with Crippen molar-refractivity contribution in [3.63, 3.8) is 0 Å². The summed E-state index contributed by atoms with van der Waals surface area (Å²) in [5.74, 6) is -0.900. The Balaban J connectivity index is 1.65. The number of nitrogens with one attached hydrogen (secondary N) is 2. The predicted octanol–water partition coefficient (Wildman–Crippen LogP) is 2.93. The molecule has 0 aliphatic rings. The second kappa shape index (κ2) is 10.3. The van der Waals surface area contributed by atoms with Crippen LogP contribution in [0.1, 0.15) is 31.9 Å². The van der Waals surface area contributed by atoms with E-state index in [2.05, 4.69) is 31.4 Å². The maximum atomic E-state index is 11.7. The van der Waals surface area contributed by atoms with Gasteiger partial charge in [-0.1, -0.05) is 63.2 Å². The van der Waals surface area contributed by atoms with Crippen LogP contribution < -0.4 is 15.4 Å². The molecule has 0 aromatic heterocycles. The molecular weight excluding hydrogens is 372 g/mol. The highest BCUT2D eigenvalue weighted by Crippen LogP contribution is 2.24. The summed E-state index contributed by atoms with van der Waals surface area (Å²) in [5.41, 5.74) is 2.07. The van der Waals surface area contributed by atoms with Crippen molar-refractivity contribution in [2.75, 3.05) is 13.2 Å². The quantitative estimate of drug-likeness (QED) is 0.700. The lowest BCUT2D eigenvalue weighted by Gasteiger charge is -2.19. The van der Waals surface area contributed by atoms with Crippen LogP contribution in [0.4, 0.5) is 4.79 Å². The molecule has 2 aromatic carbocycles. The lowest BCUT2D eigenvalue weighted by atomic mass is 9.87. The monoisotopic (exact) mass is 398 g/mol. The molecule has 0 bridgehead atoms. The molecular formula is C22H26N2O5. The van der Waals surface area contributed by atoms with E-state index in [-0.39, 0.29) is 18.6 Å². The average Bonchev–Trinajstić information content (AvgIpc) is 2.69. The Kier molecular flexibility index (Phi) is 7.77. The maximum absolute atomic E-state index is 11.7. The van der Waals surface area contributed by atoms with Gasteiger partial charge < -0.3 is 14.8 Å². The van der Waals surface area contributed by atoms with E-state index in [1.807, 2.05) is 42.5 Å². The zero-order valence-corrected chi connectivity index (χ0v) is 16.9. The lowest BCUT2D eigenvalue weighted by Crippen LogP contribution is -2.41. The molecule has 0 atom stereocenters. The first kappa shape index (κ1) is 21.9. The van der Waals surface area contributed by atoms with Crippen LogP contribution in [0.3, 0.4) is 0 Å². The van der Waals surface area contributed by atoms with Gasteiger partial charge in [-0.2, -0.15) is 0 Å². The number of urea groups is 1. The highest BCUT2D eigenvalue weighted by Gasteiger charge is 2.14. The summed E-state index contributed by atoms with van der Waals surface area (Å²) in [6.45, 7) is 5.70. The van der Waals surface area contributed by atoms with E-state index in [0.29, 0.717) is 5.75 Å². The van der Waals surface area contributed by atoms with E-state index >= 15 is 0 Å². The minimum absolute atomic E-state index is 0.0260. The zero-order chi connectivity index (χ0) is 21.3. The number of carbonyl (C=O) groups is 3. The van der Waals surface area contributed by atoms with E-state index < -0.39 is 24.5 Å². The number of imide groups is 1. The Morgan fingerprint density at radius 3 is 2.17 bits per heavy atom. The number of carbonyl (C=O) groups excluding carboxylic acids is 3. The third kappa shape index (κ3) is 8.04. The highest BCUT2D eigenvalue weighted by atomic mass is 16.6. The van der Waals surface area contributed by atoms with Gasteiger partial charge in [-0.25, -0.2) is 9.59 Å². The van der Waals surface area contributed by atoms with Gasteiger partial charge in [0.25, 0.3) is 5.91 Å². The molecule has 29 heavy (non-hydrogen) atoms. The topological polar surface area (TPSA) is 93.7 Å². The molecule has 0 saturated carbocycles. The van der Waals surface area contributed by atoms with Gasteiger partial charge in [-0.15, -0.1) is 0 Å². The van der Waals surface area contributed by atoms with Crippen molar-refractivity contribution in [3.8, 4) is 5.75 Å². The van der Waals surface area contributed by atoms with Crippen molar-refractivity contribution in [2.24, 2.45) is 0 Å². The number of ether oxygens (including phenoxy) is 2. The van der Waals surface area contributed by atoms with Crippen molar-refractivity contribution in [3.05, 3.63) is 65.7 Å². The largest absolute Gasteiger partial charge is 0.482 e. The minimum Gasteiger partial charge on any atom is -0.482 e. The average molecular weight is 398 g/mol. The highest BCUT2D eigenvalue weighted by molar-refractivity contribution is 5.95. The first-order chi connectivity index (χ1) is 13.7. The molecule has 2 rings (SSSR count). The summed E-state index contributed by atoms with van der Waals surface area (Å²) in [4.78, 5) is 35.1. The van der Waals surface area contributed by atoms with Crippen LogP contribution >= 0.6 is 0 Å². The Labute approximate surface area is 170 Å². The van der Waals surface area contributed by atoms with Gasteiger partial charge in [0.1, 0.15) is 5.75 Å². The number of hydrogen-bond acceptors (Lipinski definition) is 5. The van der Waals surface area contributed by atoms with E-state index in [1.165, 1.54) is 0 Å². The first-order valence-electron chi connectivity index (χ1n) is 9.24. The molecule has 0 radical (unpaired) electrons. The summed E-state index contributed by atoms with van der Waals surface area (Å²) < 4.78 is 10.2. The Morgan fingerprint density at radius 2 is 1.55 bits per heavy atom. The Bertz CT molecular complexity index is 827. The van der Waals surface area contributed by atoms with Gasteiger partial charge in [0.15, 0.2) is 13.2 Å². The molecule has 0 saturated heterocycles. The molecule has 2 aromatic rings. The van der Waals surface area contributed by atoms with E-state index in [9.17, 15) is 14.4 Å². The number of rotatable bonds is 7. The molecule has 3 amide bonds. The molecule has 7 nitrogen and oxygen atoms in total. The van der Waals surface area contributed by atoms with Crippen molar-refractivity contribution >= 4 is 17.9 Å². The fourth-order valence-corrected chi connectivity index (χ4v) is 2.37.